The zero-order chi connectivity index (χ0) is 23.0. The van der Waals surface area contributed by atoms with Crippen LogP contribution >= 0.6 is 11.6 Å². The summed E-state index contributed by atoms with van der Waals surface area (Å²) in [7, 11) is 0. The average Bonchev–Trinajstić information content (AvgIpc) is 2.91. The van der Waals surface area contributed by atoms with Crippen molar-refractivity contribution < 1.29 is 40.7 Å². The number of imide groups is 1. The fourth-order valence-electron chi connectivity index (χ4n) is 2.84. The number of halogens is 7. The first-order valence-corrected chi connectivity index (χ1v) is 8.79. The number of rotatable bonds is 5. The summed E-state index contributed by atoms with van der Waals surface area (Å²) in [6.45, 7) is -0.516. The molecule has 3 rings (SSSR count). The van der Waals surface area contributed by atoms with Crippen LogP contribution in [0.25, 0.3) is 0 Å². The van der Waals surface area contributed by atoms with E-state index in [9.17, 15) is 35.9 Å². The quantitative estimate of drug-likeness (QED) is 0.507. The fraction of sp³-hybridized carbons (Fsp3) is 0.222. The van der Waals surface area contributed by atoms with Gasteiger partial charge in [-0.2, -0.15) is 13.2 Å². The summed E-state index contributed by atoms with van der Waals surface area (Å²) in [6.07, 6.45) is -10.2. The van der Waals surface area contributed by atoms with Crippen molar-refractivity contribution >= 4 is 29.2 Å². The summed E-state index contributed by atoms with van der Waals surface area (Å²) < 4.78 is 82.1. The minimum atomic E-state index is -5.25. The average molecular weight is 468 g/mol. The molecule has 0 saturated carbocycles. The van der Waals surface area contributed by atoms with Crippen molar-refractivity contribution in [1.82, 2.24) is 10.6 Å². The van der Waals surface area contributed by atoms with Gasteiger partial charge in [0.2, 0.25) is 0 Å². The van der Waals surface area contributed by atoms with Crippen molar-refractivity contribution in [3.8, 4) is 5.75 Å². The van der Waals surface area contributed by atoms with Gasteiger partial charge in [0.1, 0.15) is 5.75 Å². The number of amides is 3. The molecule has 1 heterocycles. The summed E-state index contributed by atoms with van der Waals surface area (Å²) >= 11 is 5.92. The van der Waals surface area contributed by atoms with Crippen molar-refractivity contribution in [2.45, 2.75) is 24.7 Å². The maximum atomic E-state index is 13.9. The lowest BCUT2D eigenvalue weighted by atomic mass is 10.1. The van der Waals surface area contributed by atoms with E-state index in [-0.39, 0.29) is 21.2 Å². The second-order valence-corrected chi connectivity index (χ2v) is 6.71. The van der Waals surface area contributed by atoms with E-state index in [0.29, 0.717) is 0 Å². The topological polar surface area (TPSA) is 70.7 Å². The zero-order valence-electron chi connectivity index (χ0n) is 15.1. The van der Waals surface area contributed by atoms with E-state index in [2.05, 4.69) is 4.74 Å². The number of carbonyl (C=O) groups excluding carboxylic acids is 2. The molecule has 2 N–H and O–H groups in total. The molecule has 0 aromatic heterocycles. The van der Waals surface area contributed by atoms with Crippen molar-refractivity contribution in [2.75, 3.05) is 4.90 Å². The molecule has 1 unspecified atom stereocenters. The lowest BCUT2D eigenvalue weighted by Crippen LogP contribution is -2.68. The van der Waals surface area contributed by atoms with Gasteiger partial charge in [-0.05, 0) is 35.9 Å². The molecule has 31 heavy (non-hydrogen) atoms. The predicted molar refractivity (Wildman–Crippen MR) is 96.2 cm³/mol. The Kier molecular flexibility index (Phi) is 5.80. The van der Waals surface area contributed by atoms with Gasteiger partial charge in [0.05, 0.1) is 5.69 Å². The maximum absolute atomic E-state index is 13.9. The number of nitrogens with one attached hydrogen (secondary N) is 2. The van der Waals surface area contributed by atoms with Crippen LogP contribution in [0.15, 0.2) is 48.5 Å². The van der Waals surface area contributed by atoms with E-state index < -0.39 is 42.4 Å². The van der Waals surface area contributed by atoms with E-state index in [1.807, 2.05) is 5.32 Å². The largest absolute Gasteiger partial charge is 0.573 e. The third kappa shape index (κ3) is 4.54. The van der Waals surface area contributed by atoms with Crippen LogP contribution in [-0.2, 0) is 11.3 Å². The van der Waals surface area contributed by atoms with Gasteiger partial charge in [0.25, 0.3) is 11.6 Å². The monoisotopic (exact) mass is 467 g/mol. The molecule has 13 heteroatoms. The number of urea groups is 1. The van der Waals surface area contributed by atoms with Gasteiger partial charge in [0, 0.05) is 11.6 Å². The number of anilines is 1. The Morgan fingerprint density at radius 2 is 1.61 bits per heavy atom. The van der Waals surface area contributed by atoms with Gasteiger partial charge in [0.15, 0.2) is 0 Å². The van der Waals surface area contributed by atoms with E-state index >= 15 is 0 Å². The minimum absolute atomic E-state index is 0.140. The van der Waals surface area contributed by atoms with Crippen molar-refractivity contribution in [3.63, 3.8) is 0 Å². The first-order valence-electron chi connectivity index (χ1n) is 8.42. The number of alkyl halides is 6. The number of carbonyl (C=O) groups is 2. The summed E-state index contributed by atoms with van der Waals surface area (Å²) in [5, 5.41) is 3.74. The lowest BCUT2D eigenvalue weighted by Gasteiger charge is -2.30. The molecule has 1 fully saturated rings. The Bertz CT molecular complexity index is 996. The number of benzene rings is 2. The van der Waals surface area contributed by atoms with E-state index in [4.69, 9.17) is 11.6 Å². The molecular formula is C18H12ClF6N3O3. The second-order valence-electron chi connectivity index (χ2n) is 6.31. The van der Waals surface area contributed by atoms with Gasteiger partial charge in [-0.25, -0.2) is 9.69 Å². The molecule has 0 aliphatic carbocycles. The van der Waals surface area contributed by atoms with Crippen molar-refractivity contribution in [1.29, 1.82) is 0 Å². The van der Waals surface area contributed by atoms with Gasteiger partial charge in [-0.15, -0.1) is 13.2 Å². The third-order valence-corrected chi connectivity index (χ3v) is 4.65. The molecular weight excluding hydrogens is 456 g/mol. The Labute approximate surface area is 175 Å². The van der Waals surface area contributed by atoms with E-state index in [0.717, 1.165) is 24.3 Å². The standard InChI is InChI=1S/C18H12ClF6N3O3/c19-13-4-2-1-3-10(13)9-26-16(17(20,21)22)14(29)28(15(30)27-16)11-5-7-12(8-6-11)31-18(23,24)25/h1-8,26H,9H2,(H,27,30). The van der Waals surface area contributed by atoms with Gasteiger partial charge >= 0.3 is 18.6 Å². The SMILES string of the molecule is O=C1NC(NCc2ccccc2Cl)(C(F)(F)F)C(=O)N1c1ccc(OC(F)(F)F)cc1. The Morgan fingerprint density at radius 3 is 2.16 bits per heavy atom. The molecule has 1 aliphatic heterocycles. The molecule has 2 aromatic rings. The zero-order valence-corrected chi connectivity index (χ0v) is 15.9. The third-order valence-electron chi connectivity index (χ3n) is 4.28. The summed E-state index contributed by atoms with van der Waals surface area (Å²) in [6, 6.07) is 7.73. The number of hydrogen-bond donors (Lipinski definition) is 2. The van der Waals surface area contributed by atoms with Gasteiger partial charge < -0.3 is 10.1 Å². The van der Waals surface area contributed by atoms with Crippen molar-refractivity contribution in [3.05, 3.63) is 59.1 Å². The summed E-state index contributed by atoms with van der Waals surface area (Å²) in [5.74, 6) is -2.39. The maximum Gasteiger partial charge on any atom is 0.573 e. The highest BCUT2D eigenvalue weighted by molar-refractivity contribution is 6.31. The van der Waals surface area contributed by atoms with E-state index in [1.54, 1.807) is 11.4 Å². The molecule has 2 aromatic carbocycles. The van der Waals surface area contributed by atoms with Crippen LogP contribution in [0.5, 0.6) is 5.75 Å². The molecule has 0 bridgehead atoms. The molecule has 1 aliphatic rings. The molecule has 1 saturated heterocycles. The molecule has 0 spiro atoms. The predicted octanol–water partition coefficient (Wildman–Crippen LogP) is 4.34. The minimum Gasteiger partial charge on any atom is -0.406 e. The highest BCUT2D eigenvalue weighted by Gasteiger charge is 2.68. The smallest absolute Gasteiger partial charge is 0.406 e. The molecule has 0 radical (unpaired) electrons. The van der Waals surface area contributed by atoms with Crippen LogP contribution in [0.2, 0.25) is 5.02 Å². The van der Waals surface area contributed by atoms with Crippen LogP contribution in [0.3, 0.4) is 0 Å². The normalized spacial score (nSPS) is 19.5. The lowest BCUT2D eigenvalue weighted by molar-refractivity contribution is -0.274. The van der Waals surface area contributed by atoms with E-state index in [1.165, 1.54) is 18.2 Å². The Morgan fingerprint density at radius 1 is 1.00 bits per heavy atom. The van der Waals surface area contributed by atoms with Crippen LogP contribution in [-0.4, -0.2) is 30.1 Å². The van der Waals surface area contributed by atoms with Gasteiger partial charge in [-0.3, -0.25) is 10.1 Å². The molecule has 3 amide bonds. The number of nitrogens with zero attached hydrogens (tertiary/aromatic N) is 1. The first kappa shape index (κ1) is 22.7. The second kappa shape index (κ2) is 7.93. The van der Waals surface area contributed by atoms with Gasteiger partial charge in [-0.1, -0.05) is 29.8 Å². The van der Waals surface area contributed by atoms with Crippen LogP contribution < -0.4 is 20.3 Å². The number of ether oxygens (including phenoxy) is 1. The summed E-state index contributed by atoms with van der Waals surface area (Å²) in [5.41, 5.74) is -3.62. The van der Waals surface area contributed by atoms with Crippen LogP contribution in [0.1, 0.15) is 5.56 Å². The van der Waals surface area contributed by atoms with Crippen LogP contribution in [0, 0.1) is 0 Å². The number of hydrogen-bond acceptors (Lipinski definition) is 4. The Hall–Kier alpha value is -2.99. The fourth-order valence-corrected chi connectivity index (χ4v) is 3.05. The molecule has 166 valence electrons. The Balaban J connectivity index is 1.89. The highest BCUT2D eigenvalue weighted by atomic mass is 35.5. The highest BCUT2D eigenvalue weighted by Crippen LogP contribution is 2.37. The van der Waals surface area contributed by atoms with Crippen molar-refractivity contribution in [2.24, 2.45) is 0 Å². The summed E-state index contributed by atoms with van der Waals surface area (Å²) in [4.78, 5) is 25.1. The molecule has 1 atom stereocenters. The van der Waals surface area contributed by atoms with Crippen LogP contribution in [0.4, 0.5) is 36.8 Å². The molecule has 6 nitrogen and oxygen atoms in total. The first-order chi connectivity index (χ1) is 14.3.